The van der Waals surface area contributed by atoms with E-state index in [1.807, 2.05) is 0 Å². The van der Waals surface area contributed by atoms with E-state index in [-0.39, 0.29) is 18.8 Å². The molecule has 9 nitrogen and oxygen atoms in total. The standard InChI is InChI=1S/C11H16N4O5S/c16-11(17)10-7-9-8-14(1-2-15(9)12-10)21(18,19)13-3-5-20-6-4-13/h7H,1-6,8H2,(H,16,17). The van der Waals surface area contributed by atoms with Crippen LogP contribution in [0.5, 0.6) is 0 Å². The predicted molar refractivity (Wildman–Crippen MR) is 70.9 cm³/mol. The van der Waals surface area contributed by atoms with Gasteiger partial charge in [0.25, 0.3) is 10.2 Å². The van der Waals surface area contributed by atoms with Gasteiger partial charge in [-0.1, -0.05) is 0 Å². The minimum Gasteiger partial charge on any atom is -0.476 e. The van der Waals surface area contributed by atoms with E-state index < -0.39 is 16.2 Å². The molecule has 1 aromatic heterocycles. The summed E-state index contributed by atoms with van der Waals surface area (Å²) in [6, 6.07) is 1.42. The van der Waals surface area contributed by atoms with Crippen molar-refractivity contribution in [3.05, 3.63) is 17.5 Å². The summed E-state index contributed by atoms with van der Waals surface area (Å²) in [6.07, 6.45) is 0. The molecule has 3 rings (SSSR count). The van der Waals surface area contributed by atoms with Gasteiger partial charge in [0.1, 0.15) is 0 Å². The largest absolute Gasteiger partial charge is 0.476 e. The van der Waals surface area contributed by atoms with Gasteiger partial charge in [0, 0.05) is 19.6 Å². The summed E-state index contributed by atoms with van der Waals surface area (Å²) in [5, 5.41) is 12.9. The van der Waals surface area contributed by atoms with Crippen LogP contribution < -0.4 is 0 Å². The molecule has 0 saturated carbocycles. The molecule has 2 aliphatic rings. The van der Waals surface area contributed by atoms with Crippen molar-refractivity contribution in [1.29, 1.82) is 0 Å². The summed E-state index contributed by atoms with van der Waals surface area (Å²) in [5.41, 5.74) is 0.533. The number of aromatic carboxylic acids is 1. The molecule has 1 saturated heterocycles. The van der Waals surface area contributed by atoms with Gasteiger partial charge in [-0.05, 0) is 6.07 Å². The number of rotatable bonds is 3. The minimum atomic E-state index is -3.54. The molecule has 3 heterocycles. The maximum atomic E-state index is 12.5. The van der Waals surface area contributed by atoms with Gasteiger partial charge < -0.3 is 9.84 Å². The van der Waals surface area contributed by atoms with Gasteiger partial charge in [-0.2, -0.15) is 22.1 Å². The van der Waals surface area contributed by atoms with Crippen LogP contribution in [-0.4, -0.2) is 70.7 Å². The van der Waals surface area contributed by atoms with Crippen LogP contribution in [0.15, 0.2) is 6.07 Å². The van der Waals surface area contributed by atoms with Crippen LogP contribution in [0.25, 0.3) is 0 Å². The topological polar surface area (TPSA) is 105 Å². The molecule has 0 radical (unpaired) electrons. The monoisotopic (exact) mass is 316 g/mol. The molecular formula is C11H16N4O5S. The van der Waals surface area contributed by atoms with Crippen molar-refractivity contribution in [3.8, 4) is 0 Å². The number of aromatic nitrogens is 2. The number of carboxylic acids is 1. The lowest BCUT2D eigenvalue weighted by Gasteiger charge is -2.34. The summed E-state index contributed by atoms with van der Waals surface area (Å²) in [5.74, 6) is -1.11. The Balaban J connectivity index is 1.80. The Morgan fingerprint density at radius 3 is 2.57 bits per heavy atom. The van der Waals surface area contributed by atoms with Crippen molar-refractivity contribution in [2.45, 2.75) is 13.1 Å². The van der Waals surface area contributed by atoms with E-state index in [0.717, 1.165) is 0 Å². The highest BCUT2D eigenvalue weighted by Crippen LogP contribution is 2.19. The second-order valence-electron chi connectivity index (χ2n) is 4.90. The van der Waals surface area contributed by atoms with Crippen molar-refractivity contribution in [2.75, 3.05) is 32.8 Å². The Morgan fingerprint density at radius 2 is 1.90 bits per heavy atom. The fourth-order valence-electron chi connectivity index (χ4n) is 2.48. The molecule has 0 aromatic carbocycles. The molecule has 0 unspecified atom stereocenters. The molecule has 0 atom stereocenters. The third kappa shape index (κ3) is 2.67. The third-order valence-electron chi connectivity index (χ3n) is 3.60. The van der Waals surface area contributed by atoms with E-state index >= 15 is 0 Å². The van der Waals surface area contributed by atoms with E-state index in [1.54, 1.807) is 4.68 Å². The van der Waals surface area contributed by atoms with Crippen molar-refractivity contribution < 1.29 is 23.1 Å². The smallest absolute Gasteiger partial charge is 0.356 e. The molecule has 2 aliphatic heterocycles. The molecule has 1 N–H and O–H groups in total. The predicted octanol–water partition coefficient (Wildman–Crippen LogP) is -1.03. The summed E-state index contributed by atoms with van der Waals surface area (Å²) in [7, 11) is -3.54. The van der Waals surface area contributed by atoms with Crippen LogP contribution >= 0.6 is 0 Å². The zero-order valence-electron chi connectivity index (χ0n) is 11.3. The highest BCUT2D eigenvalue weighted by atomic mass is 32.2. The summed E-state index contributed by atoms with van der Waals surface area (Å²) in [4.78, 5) is 10.9. The van der Waals surface area contributed by atoms with Gasteiger partial charge in [0.15, 0.2) is 5.69 Å². The first-order chi connectivity index (χ1) is 9.98. The Hall–Kier alpha value is -1.49. The van der Waals surface area contributed by atoms with Crippen molar-refractivity contribution in [2.24, 2.45) is 0 Å². The zero-order chi connectivity index (χ0) is 15.0. The Kier molecular flexibility index (Phi) is 3.69. The van der Waals surface area contributed by atoms with Crippen LogP contribution in [0, 0.1) is 0 Å². The highest BCUT2D eigenvalue weighted by molar-refractivity contribution is 7.86. The van der Waals surface area contributed by atoms with Gasteiger partial charge in [-0.25, -0.2) is 4.79 Å². The molecule has 10 heteroatoms. The lowest BCUT2D eigenvalue weighted by molar-refractivity contribution is 0.0688. The average molecular weight is 316 g/mol. The molecule has 116 valence electrons. The fraction of sp³-hybridized carbons (Fsp3) is 0.636. The first-order valence-corrected chi connectivity index (χ1v) is 8.01. The van der Waals surface area contributed by atoms with Gasteiger partial charge >= 0.3 is 5.97 Å². The van der Waals surface area contributed by atoms with Crippen LogP contribution in [-0.2, 0) is 28.0 Å². The van der Waals surface area contributed by atoms with Crippen LogP contribution in [0.2, 0.25) is 0 Å². The second kappa shape index (κ2) is 5.37. The number of ether oxygens (including phenoxy) is 1. The van der Waals surface area contributed by atoms with E-state index in [9.17, 15) is 13.2 Å². The van der Waals surface area contributed by atoms with Crippen molar-refractivity contribution in [3.63, 3.8) is 0 Å². The minimum absolute atomic E-state index is 0.0596. The molecule has 0 spiro atoms. The van der Waals surface area contributed by atoms with Crippen molar-refractivity contribution in [1.82, 2.24) is 18.4 Å². The van der Waals surface area contributed by atoms with Gasteiger partial charge in [0.05, 0.1) is 32.0 Å². The number of hydrogen-bond donors (Lipinski definition) is 1. The normalized spacial score (nSPS) is 21.1. The molecule has 0 bridgehead atoms. The van der Waals surface area contributed by atoms with Gasteiger partial charge in [0.2, 0.25) is 0 Å². The highest BCUT2D eigenvalue weighted by Gasteiger charge is 2.34. The summed E-state index contributed by atoms with van der Waals surface area (Å²) >= 11 is 0. The number of morpholine rings is 1. The SMILES string of the molecule is O=C(O)c1cc2n(n1)CCN(S(=O)(=O)N1CCOCC1)C2. The second-order valence-corrected chi connectivity index (χ2v) is 6.83. The van der Waals surface area contributed by atoms with E-state index in [4.69, 9.17) is 9.84 Å². The number of carbonyl (C=O) groups is 1. The molecule has 0 amide bonds. The molecule has 1 fully saturated rings. The fourth-order valence-corrected chi connectivity index (χ4v) is 4.03. The third-order valence-corrected chi connectivity index (χ3v) is 5.59. The molecular weight excluding hydrogens is 300 g/mol. The summed E-state index contributed by atoms with van der Waals surface area (Å²) < 4.78 is 34.6. The number of carboxylic acid groups (broad SMARTS) is 1. The van der Waals surface area contributed by atoms with E-state index in [0.29, 0.717) is 38.5 Å². The average Bonchev–Trinajstić information content (AvgIpc) is 2.91. The Bertz CT molecular complexity index is 650. The van der Waals surface area contributed by atoms with Gasteiger partial charge in [-0.3, -0.25) is 4.68 Å². The number of hydrogen-bond acceptors (Lipinski definition) is 5. The summed E-state index contributed by atoms with van der Waals surface area (Å²) in [6.45, 7) is 2.26. The van der Waals surface area contributed by atoms with Crippen molar-refractivity contribution >= 4 is 16.2 Å². The zero-order valence-corrected chi connectivity index (χ0v) is 12.1. The van der Waals surface area contributed by atoms with E-state index in [2.05, 4.69) is 5.10 Å². The van der Waals surface area contributed by atoms with E-state index in [1.165, 1.54) is 14.7 Å². The molecule has 0 aliphatic carbocycles. The maximum absolute atomic E-state index is 12.5. The number of fused-ring (bicyclic) bond motifs is 1. The lowest BCUT2D eigenvalue weighted by atomic mass is 10.3. The number of nitrogens with zero attached hydrogens (tertiary/aromatic N) is 4. The van der Waals surface area contributed by atoms with Crippen LogP contribution in [0.1, 0.15) is 16.2 Å². The first kappa shape index (κ1) is 14.4. The molecule has 21 heavy (non-hydrogen) atoms. The lowest BCUT2D eigenvalue weighted by Crippen LogP contribution is -2.50. The maximum Gasteiger partial charge on any atom is 0.356 e. The molecule has 1 aromatic rings. The van der Waals surface area contributed by atoms with Crippen LogP contribution in [0.3, 0.4) is 0 Å². The van der Waals surface area contributed by atoms with Crippen LogP contribution in [0.4, 0.5) is 0 Å². The Morgan fingerprint density at radius 1 is 1.19 bits per heavy atom. The Labute approximate surface area is 121 Å². The van der Waals surface area contributed by atoms with Gasteiger partial charge in [-0.15, -0.1) is 0 Å². The first-order valence-electron chi connectivity index (χ1n) is 6.61. The quantitative estimate of drug-likeness (QED) is 0.765.